The molecule has 31 heavy (non-hydrogen) atoms. The number of ether oxygens (including phenoxy) is 2. The van der Waals surface area contributed by atoms with Gasteiger partial charge < -0.3 is 9.47 Å². The zero-order valence-electron chi connectivity index (χ0n) is 16.8. The van der Waals surface area contributed by atoms with E-state index in [0.29, 0.717) is 18.7 Å². The van der Waals surface area contributed by atoms with Crippen LogP contribution >= 0.6 is 0 Å². The Morgan fingerprint density at radius 1 is 0.903 bits per heavy atom. The summed E-state index contributed by atoms with van der Waals surface area (Å²) in [5.41, 5.74) is 5.27. The van der Waals surface area contributed by atoms with Crippen LogP contribution in [0.15, 0.2) is 71.8 Å². The summed E-state index contributed by atoms with van der Waals surface area (Å²) in [4.78, 5) is 6.85. The summed E-state index contributed by atoms with van der Waals surface area (Å²) < 4.78 is 12.3. The highest BCUT2D eigenvalue weighted by Gasteiger charge is 2.36. The summed E-state index contributed by atoms with van der Waals surface area (Å²) in [6.45, 7) is 15.2. The summed E-state index contributed by atoms with van der Waals surface area (Å²) in [6, 6.07) is 21.6. The molecule has 0 bridgehead atoms. The molecule has 0 radical (unpaired) electrons. The van der Waals surface area contributed by atoms with Crippen molar-refractivity contribution in [3.63, 3.8) is 0 Å². The lowest BCUT2D eigenvalue weighted by Crippen LogP contribution is -2.35. The minimum absolute atomic E-state index is 0.102. The van der Waals surface area contributed by atoms with Gasteiger partial charge in [0, 0.05) is 23.5 Å². The normalized spacial score (nSPS) is 20.4. The van der Waals surface area contributed by atoms with E-state index in [1.54, 1.807) is 6.07 Å². The molecule has 0 spiro atoms. The molecule has 2 heterocycles. The Morgan fingerprint density at radius 3 is 2.65 bits per heavy atom. The second kappa shape index (κ2) is 7.97. The van der Waals surface area contributed by atoms with Crippen molar-refractivity contribution in [3.8, 4) is 22.6 Å². The molecule has 5 nitrogen and oxygen atoms in total. The van der Waals surface area contributed by atoms with Crippen LogP contribution in [0.25, 0.3) is 20.9 Å². The van der Waals surface area contributed by atoms with Gasteiger partial charge in [-0.3, -0.25) is 0 Å². The van der Waals surface area contributed by atoms with E-state index in [2.05, 4.69) is 21.0 Å². The number of nitrogens with zero attached hydrogens (tertiary/aromatic N) is 3. The summed E-state index contributed by atoms with van der Waals surface area (Å²) in [5, 5.41) is 4.14. The average Bonchev–Trinajstić information content (AvgIpc) is 2.83. The summed E-state index contributed by atoms with van der Waals surface area (Å²) in [6.07, 6.45) is 1.33. The van der Waals surface area contributed by atoms with E-state index >= 15 is 0 Å². The first kappa shape index (κ1) is 18.9. The Balaban J connectivity index is 1.52. The number of fused-ring (bicyclic) bond motifs is 2. The number of para-hydroxylation sites is 1. The van der Waals surface area contributed by atoms with E-state index in [1.165, 1.54) is 0 Å². The smallest absolute Gasteiger partial charge is 0.187 e. The molecule has 3 aromatic carbocycles. The van der Waals surface area contributed by atoms with E-state index < -0.39 is 0 Å². The first-order valence-electron chi connectivity index (χ1n) is 10.2. The molecular formula is C26H19N3O2. The van der Waals surface area contributed by atoms with Gasteiger partial charge in [0.05, 0.1) is 18.3 Å². The standard InChI is InChI=1S/C26H19N3O2/c1-27-19-7-5-6-17(14-19)18-10-11-25-22(15-18)23(29-28-2)16-26(31-25)21-12-13-30-24-9-4-3-8-20(21)24/h3-11,14-15,21,26H,12-13,16H2. The van der Waals surface area contributed by atoms with Crippen molar-refractivity contribution < 1.29 is 9.47 Å². The Bertz CT molecular complexity index is 1270. The van der Waals surface area contributed by atoms with Gasteiger partial charge in [0.2, 0.25) is 0 Å². The fourth-order valence-corrected chi connectivity index (χ4v) is 4.43. The van der Waals surface area contributed by atoms with Gasteiger partial charge in [-0.15, -0.1) is 4.95 Å². The first-order chi connectivity index (χ1) is 15.3. The fourth-order valence-electron chi connectivity index (χ4n) is 4.43. The molecule has 0 aromatic heterocycles. The van der Waals surface area contributed by atoms with Crippen LogP contribution in [-0.2, 0) is 0 Å². The minimum Gasteiger partial charge on any atom is -0.493 e. The van der Waals surface area contributed by atoms with E-state index in [-0.39, 0.29) is 12.0 Å². The Hall–Kier alpha value is -4.09. The highest BCUT2D eigenvalue weighted by Crippen LogP contribution is 2.42. The molecule has 2 unspecified atom stereocenters. The van der Waals surface area contributed by atoms with E-state index in [1.807, 2.05) is 54.6 Å². The molecule has 0 saturated heterocycles. The summed E-state index contributed by atoms with van der Waals surface area (Å²) in [7, 11) is 0. The highest BCUT2D eigenvalue weighted by atomic mass is 16.5. The van der Waals surface area contributed by atoms with E-state index in [9.17, 15) is 0 Å². The molecule has 2 atom stereocenters. The van der Waals surface area contributed by atoms with Crippen molar-refractivity contribution in [2.24, 2.45) is 5.10 Å². The number of hydrogen-bond donors (Lipinski definition) is 0. The molecule has 5 rings (SSSR count). The number of rotatable bonds is 2. The largest absolute Gasteiger partial charge is 0.493 e. The van der Waals surface area contributed by atoms with Crippen LogP contribution in [0.5, 0.6) is 11.5 Å². The molecule has 0 fully saturated rings. The van der Waals surface area contributed by atoms with Gasteiger partial charge in [-0.1, -0.05) is 42.5 Å². The third-order valence-electron chi connectivity index (χ3n) is 5.90. The molecule has 0 aliphatic carbocycles. The van der Waals surface area contributed by atoms with Crippen LogP contribution in [0, 0.1) is 13.1 Å². The van der Waals surface area contributed by atoms with Crippen molar-refractivity contribution in [1.82, 2.24) is 0 Å². The molecule has 5 heteroatoms. The van der Waals surface area contributed by atoms with Gasteiger partial charge in [0.25, 0.3) is 0 Å². The lowest BCUT2D eigenvalue weighted by molar-refractivity contribution is 0.138. The van der Waals surface area contributed by atoms with Gasteiger partial charge >= 0.3 is 0 Å². The van der Waals surface area contributed by atoms with Gasteiger partial charge in [-0.05, 0) is 41.8 Å². The number of benzene rings is 3. The van der Waals surface area contributed by atoms with Crippen LogP contribution in [0.1, 0.15) is 29.9 Å². The Morgan fingerprint density at radius 2 is 1.77 bits per heavy atom. The molecule has 150 valence electrons. The molecule has 2 aliphatic heterocycles. The van der Waals surface area contributed by atoms with Crippen molar-refractivity contribution >= 4 is 11.4 Å². The topological polar surface area (TPSA) is 39.5 Å². The quantitative estimate of drug-likeness (QED) is 0.374. The van der Waals surface area contributed by atoms with Crippen LogP contribution < -0.4 is 9.47 Å². The van der Waals surface area contributed by atoms with Crippen LogP contribution in [0.2, 0.25) is 0 Å². The van der Waals surface area contributed by atoms with Gasteiger partial charge in [0.1, 0.15) is 23.3 Å². The van der Waals surface area contributed by atoms with Gasteiger partial charge in [-0.25, -0.2) is 4.85 Å². The first-order valence-corrected chi connectivity index (χ1v) is 10.2. The molecule has 0 saturated carbocycles. The van der Waals surface area contributed by atoms with E-state index in [4.69, 9.17) is 22.6 Å². The van der Waals surface area contributed by atoms with Crippen molar-refractivity contribution in [3.05, 3.63) is 101 Å². The van der Waals surface area contributed by atoms with Gasteiger partial charge in [0.15, 0.2) is 5.69 Å². The fraction of sp³-hybridized carbons (Fsp3) is 0.192. The molecule has 0 N–H and O–H groups in total. The maximum Gasteiger partial charge on any atom is 0.187 e. The molecule has 2 aliphatic rings. The van der Waals surface area contributed by atoms with Crippen molar-refractivity contribution in [2.45, 2.75) is 24.9 Å². The van der Waals surface area contributed by atoms with Crippen LogP contribution in [0.3, 0.4) is 0 Å². The van der Waals surface area contributed by atoms with Gasteiger partial charge in [-0.2, -0.15) is 6.57 Å². The van der Waals surface area contributed by atoms with E-state index in [0.717, 1.165) is 45.9 Å². The highest BCUT2D eigenvalue weighted by molar-refractivity contribution is 6.05. The summed E-state index contributed by atoms with van der Waals surface area (Å²) in [5.74, 6) is 1.84. The minimum atomic E-state index is -0.102. The third-order valence-corrected chi connectivity index (χ3v) is 5.90. The number of hydrogen-bond acceptors (Lipinski definition) is 3. The molecular weight excluding hydrogens is 386 g/mol. The maximum absolute atomic E-state index is 7.32. The molecule has 3 aromatic rings. The lowest BCUT2D eigenvalue weighted by atomic mass is 9.83. The predicted octanol–water partition coefficient (Wildman–Crippen LogP) is 6.25. The second-order valence-corrected chi connectivity index (χ2v) is 7.66. The monoisotopic (exact) mass is 405 g/mol. The maximum atomic E-state index is 7.32. The Kier molecular flexibility index (Phi) is 4.86. The lowest BCUT2D eigenvalue weighted by Gasteiger charge is -2.35. The molecule has 0 amide bonds. The van der Waals surface area contributed by atoms with Crippen LogP contribution in [0.4, 0.5) is 5.69 Å². The summed E-state index contributed by atoms with van der Waals surface area (Å²) >= 11 is 0. The average molecular weight is 405 g/mol. The SMILES string of the molecule is [C-]#[N+]N=C1CC(C2CCOc3ccccc32)Oc2ccc(-c3cccc([N+]#[C-])c3)cc21. The third kappa shape index (κ3) is 3.52. The zero-order chi connectivity index (χ0) is 21.2. The van der Waals surface area contributed by atoms with Crippen LogP contribution in [-0.4, -0.2) is 18.4 Å². The van der Waals surface area contributed by atoms with Crippen molar-refractivity contribution in [1.29, 1.82) is 0 Å². The second-order valence-electron chi connectivity index (χ2n) is 7.66. The predicted molar refractivity (Wildman–Crippen MR) is 120 cm³/mol. The Labute approximate surface area is 181 Å². The van der Waals surface area contributed by atoms with Crippen molar-refractivity contribution in [2.75, 3.05) is 6.61 Å². The zero-order valence-corrected chi connectivity index (χ0v) is 16.8.